The van der Waals surface area contributed by atoms with Crippen LogP contribution in [0.2, 0.25) is 0 Å². The van der Waals surface area contributed by atoms with Gasteiger partial charge in [-0.05, 0) is 56.7 Å². The molecule has 2 fully saturated rings. The fraction of sp³-hybridized carbons (Fsp3) is 0.545. The highest BCUT2D eigenvalue weighted by Gasteiger charge is 2.44. The summed E-state index contributed by atoms with van der Waals surface area (Å²) in [6.45, 7) is 6.96. The topological polar surface area (TPSA) is 94.1 Å². The Balaban J connectivity index is 1.34. The molecule has 1 unspecified atom stereocenters. The monoisotopic (exact) mass is 495 g/mol. The number of hydrogen-bond donors (Lipinski definition) is 1. The molecule has 1 aromatic carbocycles. The van der Waals surface area contributed by atoms with E-state index in [1.807, 2.05) is 13.8 Å². The summed E-state index contributed by atoms with van der Waals surface area (Å²) >= 11 is 0. The van der Waals surface area contributed by atoms with Gasteiger partial charge in [0.25, 0.3) is 0 Å². The van der Waals surface area contributed by atoms with Gasteiger partial charge in [0.2, 0.25) is 11.8 Å². The Bertz CT molecular complexity index is 1190. The lowest BCUT2D eigenvalue weighted by Gasteiger charge is -2.37. The number of aryl methyl sites for hydroxylation is 1. The highest BCUT2D eigenvalue weighted by Crippen LogP contribution is 2.40. The van der Waals surface area contributed by atoms with Gasteiger partial charge in [-0.3, -0.25) is 0 Å². The van der Waals surface area contributed by atoms with Gasteiger partial charge in [0, 0.05) is 26.1 Å². The van der Waals surface area contributed by atoms with E-state index in [0.717, 1.165) is 38.1 Å². The van der Waals surface area contributed by atoms with Crippen LogP contribution in [0.25, 0.3) is 0 Å². The van der Waals surface area contributed by atoms with E-state index in [2.05, 4.69) is 30.5 Å². The second-order valence-corrected chi connectivity index (χ2v) is 9.27. The van der Waals surface area contributed by atoms with Crippen molar-refractivity contribution in [3.63, 3.8) is 0 Å². The van der Waals surface area contributed by atoms with Crippen LogP contribution in [0.4, 0.5) is 29.5 Å². The Morgan fingerprint density at radius 1 is 1.14 bits per heavy atom. The van der Waals surface area contributed by atoms with Crippen LogP contribution in [0.1, 0.15) is 44.2 Å². The summed E-state index contributed by atoms with van der Waals surface area (Å²) in [5.74, 6) is -0.0775. The van der Waals surface area contributed by atoms with E-state index >= 15 is 0 Å². The molecule has 13 heteroatoms. The second-order valence-electron chi connectivity index (χ2n) is 9.27. The van der Waals surface area contributed by atoms with Crippen molar-refractivity contribution >= 4 is 12.0 Å². The Hall–Kier alpha value is -3.38. The summed E-state index contributed by atoms with van der Waals surface area (Å²) in [5.41, 5.74) is -1.40. The number of nitrogens with zero attached hydrogens (tertiary/aromatic N) is 6. The first-order valence-electron chi connectivity index (χ1n) is 11.4. The number of nitrogens with one attached hydrogen (secondary N) is 1. The van der Waals surface area contributed by atoms with Crippen LogP contribution in [0, 0.1) is 24.6 Å². The fourth-order valence-electron chi connectivity index (χ4n) is 4.84. The molecule has 0 amide bonds. The average Bonchev–Trinajstić information content (AvgIpc) is 3.45. The summed E-state index contributed by atoms with van der Waals surface area (Å²) in [5, 5.41) is 15.9. The third kappa shape index (κ3) is 4.63. The molecule has 188 valence electrons. The molecule has 1 aliphatic carbocycles. The number of benzene rings is 1. The Kier molecular flexibility index (Phi) is 5.80. The number of ether oxygens (including phenoxy) is 1. The Morgan fingerprint density at radius 2 is 1.86 bits per heavy atom. The molecule has 2 bridgehead atoms. The normalized spacial score (nSPS) is 22.2. The van der Waals surface area contributed by atoms with Crippen LogP contribution in [-0.4, -0.2) is 44.1 Å². The van der Waals surface area contributed by atoms with Crippen LogP contribution in [0.15, 0.2) is 22.6 Å². The molecule has 1 N–H and O–H groups in total. The quantitative estimate of drug-likeness (QED) is 0.486. The molecule has 3 aromatic rings. The van der Waals surface area contributed by atoms with Gasteiger partial charge < -0.3 is 19.4 Å². The summed E-state index contributed by atoms with van der Waals surface area (Å²) in [6.07, 6.45) is -2.79. The number of halogens is 4. The summed E-state index contributed by atoms with van der Waals surface area (Å²) in [4.78, 5) is 6.50. The number of anilines is 2. The van der Waals surface area contributed by atoms with Gasteiger partial charge >= 0.3 is 18.2 Å². The van der Waals surface area contributed by atoms with E-state index < -0.39 is 17.6 Å². The molecule has 1 saturated carbocycles. The van der Waals surface area contributed by atoms with Crippen molar-refractivity contribution in [3.05, 3.63) is 35.5 Å². The lowest BCUT2D eigenvalue weighted by Crippen LogP contribution is -2.48. The third-order valence-corrected chi connectivity index (χ3v) is 6.46. The molecule has 2 aliphatic rings. The molecule has 3 heterocycles. The van der Waals surface area contributed by atoms with Crippen molar-refractivity contribution < 1.29 is 26.7 Å². The molecular weight excluding hydrogens is 470 g/mol. The van der Waals surface area contributed by atoms with Crippen molar-refractivity contribution in [2.24, 2.45) is 11.8 Å². The van der Waals surface area contributed by atoms with E-state index in [0.29, 0.717) is 35.8 Å². The smallest absolute Gasteiger partial charge is 0.419 e. The van der Waals surface area contributed by atoms with Gasteiger partial charge in [-0.1, -0.05) is 5.10 Å². The fourth-order valence-corrected chi connectivity index (χ4v) is 4.84. The van der Waals surface area contributed by atoms with Crippen molar-refractivity contribution in [1.82, 2.24) is 25.0 Å². The predicted molar refractivity (Wildman–Crippen MR) is 117 cm³/mol. The maximum atomic E-state index is 13.7. The minimum atomic E-state index is -4.84. The standard InChI is InChI=1S/C22H25F4N7O2/c1-11(2)33-20(35-15-6-7-17(23)16(8-15)22(24,25)26)28-19(31-33)27-18-13-4-5-14(18)10-32(9-13)21-30-29-12(3)34-21/h6-8,11,13-14,18H,4-5,9-10H2,1-3H3,(H,27,31)/t13-,14+,18?. The molecule has 35 heavy (non-hydrogen) atoms. The number of hydrogen-bond acceptors (Lipinski definition) is 8. The van der Waals surface area contributed by atoms with E-state index in [1.54, 1.807) is 6.92 Å². The summed E-state index contributed by atoms with van der Waals surface area (Å²) in [7, 11) is 0. The van der Waals surface area contributed by atoms with Gasteiger partial charge in [-0.2, -0.15) is 18.2 Å². The first kappa shape index (κ1) is 23.4. The molecule has 0 spiro atoms. The Labute approximate surface area is 198 Å². The zero-order valence-corrected chi connectivity index (χ0v) is 19.4. The zero-order chi connectivity index (χ0) is 24.9. The average molecular weight is 495 g/mol. The maximum Gasteiger partial charge on any atom is 0.419 e. The second kappa shape index (κ2) is 8.68. The van der Waals surface area contributed by atoms with Crippen molar-refractivity contribution in [2.45, 2.75) is 51.9 Å². The maximum absolute atomic E-state index is 13.7. The van der Waals surface area contributed by atoms with Crippen molar-refractivity contribution in [1.29, 1.82) is 0 Å². The lowest BCUT2D eigenvalue weighted by molar-refractivity contribution is -0.140. The van der Waals surface area contributed by atoms with Crippen LogP contribution < -0.4 is 15.0 Å². The molecule has 2 aromatic heterocycles. The highest BCUT2D eigenvalue weighted by molar-refractivity contribution is 5.36. The van der Waals surface area contributed by atoms with Crippen LogP contribution in [0.5, 0.6) is 11.8 Å². The van der Waals surface area contributed by atoms with Gasteiger partial charge in [-0.25, -0.2) is 9.07 Å². The van der Waals surface area contributed by atoms with Gasteiger partial charge in [-0.15, -0.1) is 10.2 Å². The first-order valence-corrected chi connectivity index (χ1v) is 11.4. The Morgan fingerprint density at radius 3 is 2.46 bits per heavy atom. The minimum Gasteiger partial charge on any atom is -0.424 e. The van der Waals surface area contributed by atoms with Crippen LogP contribution in [-0.2, 0) is 6.18 Å². The van der Waals surface area contributed by atoms with Crippen molar-refractivity contribution in [3.8, 4) is 11.8 Å². The summed E-state index contributed by atoms with van der Waals surface area (Å²) in [6, 6.07) is 2.97. The molecule has 1 saturated heterocycles. The molecule has 5 rings (SSSR count). The molecule has 3 atom stereocenters. The van der Waals surface area contributed by atoms with Gasteiger partial charge in [0.1, 0.15) is 11.6 Å². The van der Waals surface area contributed by atoms with Gasteiger partial charge in [0.05, 0.1) is 11.6 Å². The highest BCUT2D eigenvalue weighted by atomic mass is 19.4. The number of alkyl halides is 3. The first-order chi connectivity index (χ1) is 16.6. The molecular formula is C22H25F4N7O2. The lowest BCUT2D eigenvalue weighted by atomic mass is 9.92. The van der Waals surface area contributed by atoms with Gasteiger partial charge in [0.15, 0.2) is 0 Å². The number of aromatic nitrogens is 5. The molecule has 0 radical (unpaired) electrons. The van der Waals surface area contributed by atoms with E-state index in [-0.39, 0.29) is 23.8 Å². The SMILES string of the molecule is Cc1nnc(N2C[C@H]3CC[C@@H](C2)C3Nc2nc(Oc3ccc(F)c(C(F)(F)F)c3)n(C(C)C)n2)o1. The van der Waals surface area contributed by atoms with E-state index in [4.69, 9.17) is 9.15 Å². The number of rotatable bonds is 6. The van der Waals surface area contributed by atoms with Crippen LogP contribution >= 0.6 is 0 Å². The molecule has 9 nitrogen and oxygen atoms in total. The van der Waals surface area contributed by atoms with E-state index in [1.165, 1.54) is 4.68 Å². The zero-order valence-electron chi connectivity index (χ0n) is 19.4. The number of piperidine rings is 1. The summed E-state index contributed by atoms with van der Waals surface area (Å²) < 4.78 is 65.7. The van der Waals surface area contributed by atoms with Crippen molar-refractivity contribution in [2.75, 3.05) is 23.3 Å². The number of fused-ring (bicyclic) bond motifs is 2. The largest absolute Gasteiger partial charge is 0.424 e. The predicted octanol–water partition coefficient (Wildman–Crippen LogP) is 4.83. The minimum absolute atomic E-state index is 0.0216. The third-order valence-electron chi connectivity index (χ3n) is 6.46. The molecule has 1 aliphatic heterocycles. The van der Waals surface area contributed by atoms with Crippen LogP contribution in [0.3, 0.4) is 0 Å². The van der Waals surface area contributed by atoms with E-state index in [9.17, 15) is 17.6 Å².